The SMILES string of the molecule is CCCN(Cc1nc(C(F)(F)F)c(-c2ccc(-c3ccc(-c4cnc([C@@H]5CCCN5C(=O)C(NC(=O)OC)[C@@H](C)OC)[nH]4)cc3)cc2)[nH]1)C(=O)[C@@H](NC(=O)OC)[C@@H](C)OC. The second-order valence-corrected chi connectivity index (χ2v) is 14.3. The van der Waals surface area contributed by atoms with Gasteiger partial charge < -0.3 is 49.3 Å². The molecule has 1 unspecified atom stereocenters. The minimum absolute atomic E-state index is 0.0876. The topological polar surface area (TPSA) is 193 Å². The number of alkyl halides is 3. The number of halogens is 3. The van der Waals surface area contributed by atoms with E-state index in [2.05, 4.69) is 35.3 Å². The van der Waals surface area contributed by atoms with E-state index in [9.17, 15) is 32.3 Å². The Bertz CT molecular complexity index is 2090. The fourth-order valence-electron chi connectivity index (χ4n) is 7.05. The molecule has 0 bridgehead atoms. The summed E-state index contributed by atoms with van der Waals surface area (Å²) in [6, 6.07) is 11.6. The van der Waals surface area contributed by atoms with Crippen LogP contribution in [0.5, 0.6) is 0 Å². The van der Waals surface area contributed by atoms with Gasteiger partial charge >= 0.3 is 18.4 Å². The Labute approximate surface area is 345 Å². The first-order valence-corrected chi connectivity index (χ1v) is 19.4. The van der Waals surface area contributed by atoms with Gasteiger partial charge in [-0.25, -0.2) is 19.6 Å². The van der Waals surface area contributed by atoms with Crippen molar-refractivity contribution in [2.45, 2.75) is 83.1 Å². The lowest BCUT2D eigenvalue weighted by Crippen LogP contribution is -2.54. The molecular formula is C41H51F3N8O8. The van der Waals surface area contributed by atoms with E-state index in [-0.39, 0.29) is 42.1 Å². The highest BCUT2D eigenvalue weighted by Gasteiger charge is 2.40. The molecule has 3 heterocycles. The summed E-state index contributed by atoms with van der Waals surface area (Å²) >= 11 is 0. The maximum atomic E-state index is 14.4. The van der Waals surface area contributed by atoms with Gasteiger partial charge in [-0.3, -0.25) is 9.59 Å². The Morgan fingerprint density at radius 3 is 1.95 bits per heavy atom. The molecule has 0 aliphatic carbocycles. The maximum Gasteiger partial charge on any atom is 0.435 e. The van der Waals surface area contributed by atoms with Gasteiger partial charge in [0.15, 0.2) is 5.69 Å². The van der Waals surface area contributed by atoms with Crippen molar-refractivity contribution in [3.05, 3.63) is 72.1 Å². The van der Waals surface area contributed by atoms with Crippen LogP contribution in [0, 0.1) is 0 Å². The molecule has 324 valence electrons. The molecule has 4 amide bonds. The monoisotopic (exact) mass is 840 g/mol. The molecule has 1 aliphatic heterocycles. The van der Waals surface area contributed by atoms with Gasteiger partial charge in [0.2, 0.25) is 11.8 Å². The number of hydrogen-bond donors (Lipinski definition) is 4. The molecule has 0 radical (unpaired) electrons. The van der Waals surface area contributed by atoms with Crippen molar-refractivity contribution in [2.24, 2.45) is 0 Å². The number of aromatic nitrogens is 4. The number of benzene rings is 2. The molecule has 0 spiro atoms. The van der Waals surface area contributed by atoms with Crippen LogP contribution in [-0.2, 0) is 41.3 Å². The number of rotatable bonds is 16. The normalized spacial score (nSPS) is 16.1. The Morgan fingerprint density at radius 1 is 0.850 bits per heavy atom. The second kappa shape index (κ2) is 19.9. The van der Waals surface area contributed by atoms with Gasteiger partial charge in [-0.1, -0.05) is 55.5 Å². The summed E-state index contributed by atoms with van der Waals surface area (Å²) in [5.74, 6) is -0.370. The zero-order chi connectivity index (χ0) is 43.7. The van der Waals surface area contributed by atoms with Crippen LogP contribution in [0.15, 0.2) is 54.7 Å². The van der Waals surface area contributed by atoms with Crippen LogP contribution in [0.25, 0.3) is 33.6 Å². The van der Waals surface area contributed by atoms with E-state index in [1.165, 1.54) is 26.2 Å². The number of nitrogens with zero attached hydrogens (tertiary/aromatic N) is 4. The highest BCUT2D eigenvalue weighted by molar-refractivity contribution is 5.87. The molecule has 16 nitrogen and oxygen atoms in total. The molecule has 1 aliphatic rings. The molecule has 0 saturated carbocycles. The molecule has 19 heteroatoms. The predicted molar refractivity (Wildman–Crippen MR) is 213 cm³/mol. The third-order valence-electron chi connectivity index (χ3n) is 10.4. The van der Waals surface area contributed by atoms with Crippen molar-refractivity contribution in [3.8, 4) is 33.6 Å². The smallest absolute Gasteiger partial charge is 0.435 e. The molecule has 2 aromatic heterocycles. The summed E-state index contributed by atoms with van der Waals surface area (Å²) in [4.78, 5) is 68.8. The number of carbonyl (C=O) groups excluding carboxylic acids is 4. The van der Waals surface area contributed by atoms with Gasteiger partial charge in [0.1, 0.15) is 23.7 Å². The Balaban J connectivity index is 1.32. The molecule has 1 fully saturated rings. The van der Waals surface area contributed by atoms with Gasteiger partial charge in [0.25, 0.3) is 0 Å². The van der Waals surface area contributed by atoms with Crippen LogP contribution in [0.2, 0.25) is 0 Å². The number of amides is 4. The average Bonchev–Trinajstić information content (AvgIpc) is 4.04. The minimum Gasteiger partial charge on any atom is -0.453 e. The van der Waals surface area contributed by atoms with E-state index < -0.39 is 54.3 Å². The fourth-order valence-corrected chi connectivity index (χ4v) is 7.05. The van der Waals surface area contributed by atoms with Gasteiger partial charge in [-0.05, 0) is 49.8 Å². The lowest BCUT2D eigenvalue weighted by molar-refractivity contribution is -0.140. The number of hydrogen-bond acceptors (Lipinski definition) is 10. The summed E-state index contributed by atoms with van der Waals surface area (Å²) in [5, 5.41) is 5.03. The van der Waals surface area contributed by atoms with Crippen molar-refractivity contribution >= 4 is 24.0 Å². The molecule has 2 aromatic carbocycles. The van der Waals surface area contributed by atoms with Crippen LogP contribution in [-0.4, -0.2) is 120 Å². The number of nitrogens with one attached hydrogen (secondary N) is 4. The molecule has 60 heavy (non-hydrogen) atoms. The zero-order valence-electron chi connectivity index (χ0n) is 34.5. The molecule has 5 rings (SSSR count). The summed E-state index contributed by atoms with van der Waals surface area (Å²) in [6.45, 7) is 5.45. The Hall–Kier alpha value is -5.95. The van der Waals surface area contributed by atoms with Crippen LogP contribution in [0.1, 0.15) is 63.4 Å². The second-order valence-electron chi connectivity index (χ2n) is 14.3. The molecule has 1 saturated heterocycles. The number of ether oxygens (including phenoxy) is 4. The number of methoxy groups -OCH3 is 4. The summed E-state index contributed by atoms with van der Waals surface area (Å²) in [7, 11) is 5.20. The number of aromatic amines is 2. The van der Waals surface area contributed by atoms with Gasteiger partial charge in [0.05, 0.1) is 56.6 Å². The van der Waals surface area contributed by atoms with E-state index >= 15 is 0 Å². The number of H-pyrrole nitrogens is 2. The van der Waals surface area contributed by atoms with E-state index in [0.29, 0.717) is 25.2 Å². The molecular weight excluding hydrogens is 789 g/mol. The third-order valence-corrected chi connectivity index (χ3v) is 10.4. The summed E-state index contributed by atoms with van der Waals surface area (Å²) in [5.41, 5.74) is 1.96. The first-order chi connectivity index (χ1) is 28.6. The molecule has 4 aromatic rings. The first kappa shape index (κ1) is 45.1. The van der Waals surface area contributed by atoms with Gasteiger partial charge in [0, 0.05) is 32.9 Å². The van der Waals surface area contributed by atoms with Crippen molar-refractivity contribution < 1.29 is 51.3 Å². The Kier molecular flexibility index (Phi) is 14.9. The number of imidazole rings is 2. The van der Waals surface area contributed by atoms with Gasteiger partial charge in [-0.2, -0.15) is 13.2 Å². The van der Waals surface area contributed by atoms with Crippen LogP contribution < -0.4 is 10.6 Å². The number of alkyl carbamates (subject to hydrolysis) is 2. The number of carbonyl (C=O) groups is 4. The van der Waals surface area contributed by atoms with E-state index in [1.807, 2.05) is 31.2 Å². The van der Waals surface area contributed by atoms with Crippen molar-refractivity contribution in [1.29, 1.82) is 0 Å². The third kappa shape index (κ3) is 10.4. The van der Waals surface area contributed by atoms with Crippen LogP contribution in [0.4, 0.5) is 22.8 Å². The first-order valence-electron chi connectivity index (χ1n) is 19.4. The standard InChI is InChI=1S/C41H51F3N8O8/c1-8-19-51(37(53)32(23(2)57-4)49-39(55)59-6)22-31-47-34(35(48-31)41(42,43)44)28-17-13-26(14-18-28)25-11-15-27(16-12-25)29-21-45-36(46-29)30-10-9-20-52(30)38(54)33(24(3)58-5)50-40(56)60-7/h11-18,21,23-24,30,32-33H,8-10,19-20,22H2,1-7H3,(H,45,46)(H,47,48)(H,49,55)(H,50,56)/t23-,24-,30+,32+,33?/m1/s1. The fraction of sp³-hybridized carbons (Fsp3) is 0.463. The maximum absolute atomic E-state index is 14.4. The Morgan fingerprint density at radius 2 is 1.40 bits per heavy atom. The lowest BCUT2D eigenvalue weighted by atomic mass is 10.0. The zero-order valence-corrected chi connectivity index (χ0v) is 34.5. The molecule has 4 N–H and O–H groups in total. The summed E-state index contributed by atoms with van der Waals surface area (Å²) in [6.07, 6.45) is -4.18. The van der Waals surface area contributed by atoms with Crippen LogP contribution in [0.3, 0.4) is 0 Å². The van der Waals surface area contributed by atoms with Crippen molar-refractivity contribution in [2.75, 3.05) is 41.5 Å². The van der Waals surface area contributed by atoms with E-state index in [0.717, 1.165) is 35.9 Å². The van der Waals surface area contributed by atoms with E-state index in [4.69, 9.17) is 14.2 Å². The largest absolute Gasteiger partial charge is 0.453 e. The van der Waals surface area contributed by atoms with E-state index in [1.54, 1.807) is 49.2 Å². The quantitative estimate of drug-likeness (QED) is 0.103. The predicted octanol–water partition coefficient (Wildman–Crippen LogP) is 6.07. The molecule has 5 atom stereocenters. The van der Waals surface area contributed by atoms with Gasteiger partial charge in [-0.15, -0.1) is 0 Å². The highest BCUT2D eigenvalue weighted by Crippen LogP contribution is 2.37. The van der Waals surface area contributed by atoms with Crippen LogP contribution >= 0.6 is 0 Å². The van der Waals surface area contributed by atoms with Crippen molar-refractivity contribution in [1.82, 2.24) is 40.4 Å². The number of likely N-dealkylation sites (tertiary alicyclic amines) is 1. The van der Waals surface area contributed by atoms with Crippen molar-refractivity contribution in [3.63, 3.8) is 0 Å². The average molecular weight is 841 g/mol. The summed E-state index contributed by atoms with van der Waals surface area (Å²) < 4.78 is 63.1. The lowest BCUT2D eigenvalue weighted by Gasteiger charge is -2.30. The minimum atomic E-state index is -4.80. The highest BCUT2D eigenvalue weighted by atomic mass is 19.4.